The lowest BCUT2D eigenvalue weighted by Crippen LogP contribution is -2.41. The van der Waals surface area contributed by atoms with E-state index in [4.69, 9.17) is 0 Å². The highest BCUT2D eigenvalue weighted by atomic mass is 32.2. The largest absolute Gasteiger partial charge is 0.342 e. The Morgan fingerprint density at radius 3 is 2.86 bits per heavy atom. The molecule has 1 aliphatic heterocycles. The first-order valence-corrected chi connectivity index (χ1v) is 8.82. The molecule has 0 aliphatic carbocycles. The second-order valence-electron chi connectivity index (χ2n) is 6.33. The van der Waals surface area contributed by atoms with Crippen molar-refractivity contribution in [1.29, 1.82) is 0 Å². The second-order valence-corrected chi connectivity index (χ2v) is 7.66. The third-order valence-electron chi connectivity index (χ3n) is 4.35. The molecule has 2 heterocycles. The molecule has 3 rings (SSSR count). The number of piperidine rings is 1. The molecule has 1 unspecified atom stereocenters. The zero-order valence-electron chi connectivity index (χ0n) is 13.4. The van der Waals surface area contributed by atoms with Crippen LogP contribution in [0.3, 0.4) is 0 Å². The van der Waals surface area contributed by atoms with E-state index >= 15 is 0 Å². The molecule has 1 atom stereocenters. The van der Waals surface area contributed by atoms with Crippen molar-refractivity contribution in [2.75, 3.05) is 13.1 Å². The Morgan fingerprint density at radius 2 is 2.14 bits per heavy atom. The van der Waals surface area contributed by atoms with E-state index in [0.29, 0.717) is 0 Å². The van der Waals surface area contributed by atoms with Gasteiger partial charge in [0.15, 0.2) is 5.16 Å². The third kappa shape index (κ3) is 3.29. The Hall–Kier alpha value is -1.49. The maximum atomic E-state index is 12.5. The maximum Gasteiger partial charge on any atom is 0.235 e. The summed E-state index contributed by atoms with van der Waals surface area (Å²) in [5.74, 6) is 0.971. The van der Waals surface area contributed by atoms with Gasteiger partial charge in [-0.1, -0.05) is 24.8 Å². The number of nitrogens with zero attached hydrogens (tertiary/aromatic N) is 2. The summed E-state index contributed by atoms with van der Waals surface area (Å²) in [6.45, 7) is 8.09. The maximum absolute atomic E-state index is 12.5. The van der Waals surface area contributed by atoms with Crippen molar-refractivity contribution in [3.63, 3.8) is 0 Å². The number of aromatic nitrogens is 2. The minimum Gasteiger partial charge on any atom is -0.342 e. The summed E-state index contributed by atoms with van der Waals surface area (Å²) < 4.78 is 0. The average molecular weight is 317 g/mol. The van der Waals surface area contributed by atoms with Crippen molar-refractivity contribution in [2.24, 2.45) is 5.92 Å². The number of aryl methyl sites for hydroxylation is 1. The molecular weight excluding hydrogens is 294 g/mol. The number of carbonyl (C=O) groups is 1. The van der Waals surface area contributed by atoms with Gasteiger partial charge in [-0.3, -0.25) is 4.79 Å². The number of thioether (sulfide) groups is 1. The van der Waals surface area contributed by atoms with Crippen LogP contribution < -0.4 is 0 Å². The van der Waals surface area contributed by atoms with Crippen molar-refractivity contribution in [3.8, 4) is 0 Å². The van der Waals surface area contributed by atoms with Crippen molar-refractivity contribution < 1.29 is 4.79 Å². The van der Waals surface area contributed by atoms with Crippen LogP contribution in [-0.4, -0.2) is 39.1 Å². The van der Waals surface area contributed by atoms with E-state index < -0.39 is 0 Å². The molecule has 118 valence electrons. The number of benzene rings is 1. The number of imidazole rings is 1. The smallest absolute Gasteiger partial charge is 0.235 e. The molecule has 1 aromatic heterocycles. The summed E-state index contributed by atoms with van der Waals surface area (Å²) in [5.41, 5.74) is 3.20. The second kappa shape index (κ2) is 6.32. The molecule has 2 aromatic rings. The van der Waals surface area contributed by atoms with Gasteiger partial charge in [0.1, 0.15) is 0 Å². The Balaban J connectivity index is 1.67. The monoisotopic (exact) mass is 317 g/mol. The number of nitrogens with one attached hydrogen (secondary N) is 1. The number of fused-ring (bicyclic) bond motifs is 1. The molecule has 1 amide bonds. The molecule has 1 N–H and O–H groups in total. The highest BCUT2D eigenvalue weighted by molar-refractivity contribution is 8.00. The summed E-state index contributed by atoms with van der Waals surface area (Å²) in [6.07, 6.45) is 2.24. The fourth-order valence-electron chi connectivity index (χ4n) is 2.86. The number of aromatic amines is 1. The fourth-order valence-corrected chi connectivity index (χ4v) is 3.76. The molecule has 1 aliphatic rings. The number of H-pyrrole nitrogens is 1. The predicted molar refractivity (Wildman–Crippen MR) is 91.1 cm³/mol. The number of rotatable bonds is 3. The normalized spacial score (nSPS) is 17.9. The molecule has 4 nitrogen and oxygen atoms in total. The van der Waals surface area contributed by atoms with E-state index in [0.717, 1.165) is 48.0 Å². The molecule has 0 bridgehead atoms. The van der Waals surface area contributed by atoms with E-state index in [1.165, 1.54) is 17.3 Å². The van der Waals surface area contributed by atoms with Gasteiger partial charge in [0.2, 0.25) is 5.91 Å². The van der Waals surface area contributed by atoms with Crippen LogP contribution >= 0.6 is 11.8 Å². The first-order chi connectivity index (χ1) is 10.5. The number of likely N-dealkylation sites (tertiary alicyclic amines) is 1. The SMILES string of the molecule is Cc1ccc2nc(SC(C)C(=O)N3CCC(C)CC3)[nH]c2c1. The third-order valence-corrected chi connectivity index (χ3v) is 5.32. The van der Waals surface area contributed by atoms with Crippen LogP contribution in [-0.2, 0) is 4.79 Å². The predicted octanol–water partition coefficient (Wildman–Crippen LogP) is 3.61. The van der Waals surface area contributed by atoms with Crippen LogP contribution in [0, 0.1) is 12.8 Å². The van der Waals surface area contributed by atoms with Gasteiger partial charge >= 0.3 is 0 Å². The topological polar surface area (TPSA) is 49.0 Å². The Bertz CT molecular complexity index is 674. The van der Waals surface area contributed by atoms with Gasteiger partial charge in [-0.05, 0) is 50.3 Å². The van der Waals surface area contributed by atoms with Crippen molar-refractivity contribution in [2.45, 2.75) is 44.0 Å². The minimum absolute atomic E-state index is 0.102. The quantitative estimate of drug-likeness (QED) is 0.880. The molecule has 0 radical (unpaired) electrons. The molecule has 1 saturated heterocycles. The number of amides is 1. The van der Waals surface area contributed by atoms with Crippen LogP contribution in [0.15, 0.2) is 23.4 Å². The van der Waals surface area contributed by atoms with Gasteiger partial charge in [0.05, 0.1) is 16.3 Å². The first-order valence-electron chi connectivity index (χ1n) is 7.95. The summed E-state index contributed by atoms with van der Waals surface area (Å²) in [6, 6.07) is 6.16. The van der Waals surface area contributed by atoms with E-state index in [1.54, 1.807) is 0 Å². The number of hydrogen-bond donors (Lipinski definition) is 1. The molecular formula is C17H23N3OS. The molecule has 0 spiro atoms. The summed E-state index contributed by atoms with van der Waals surface area (Å²) in [5, 5.41) is 0.724. The van der Waals surface area contributed by atoms with E-state index in [9.17, 15) is 4.79 Å². The van der Waals surface area contributed by atoms with Crippen LogP contribution in [0.5, 0.6) is 0 Å². The average Bonchev–Trinajstić information content (AvgIpc) is 2.88. The molecule has 5 heteroatoms. The fraction of sp³-hybridized carbons (Fsp3) is 0.529. The van der Waals surface area contributed by atoms with Crippen molar-refractivity contribution in [1.82, 2.24) is 14.9 Å². The van der Waals surface area contributed by atoms with Gasteiger partial charge in [0, 0.05) is 13.1 Å². The van der Waals surface area contributed by atoms with E-state index in [2.05, 4.69) is 35.9 Å². The lowest BCUT2D eigenvalue weighted by Gasteiger charge is -2.31. The molecule has 22 heavy (non-hydrogen) atoms. The van der Waals surface area contributed by atoms with Crippen LogP contribution in [0.2, 0.25) is 0 Å². The van der Waals surface area contributed by atoms with Crippen molar-refractivity contribution >= 4 is 28.7 Å². The van der Waals surface area contributed by atoms with Crippen LogP contribution in [0.4, 0.5) is 0 Å². The van der Waals surface area contributed by atoms with E-state index in [-0.39, 0.29) is 11.2 Å². The van der Waals surface area contributed by atoms with Gasteiger partial charge in [-0.25, -0.2) is 4.98 Å². The summed E-state index contributed by atoms with van der Waals surface area (Å²) in [7, 11) is 0. The lowest BCUT2D eigenvalue weighted by molar-refractivity contribution is -0.131. The molecule has 0 saturated carbocycles. The van der Waals surface area contributed by atoms with Gasteiger partial charge in [-0.2, -0.15) is 0 Å². The van der Waals surface area contributed by atoms with Gasteiger partial charge < -0.3 is 9.88 Å². The lowest BCUT2D eigenvalue weighted by atomic mass is 9.99. The molecule has 1 aromatic carbocycles. The summed E-state index contributed by atoms with van der Waals surface area (Å²) in [4.78, 5) is 22.4. The first kappa shape index (κ1) is 15.4. The van der Waals surface area contributed by atoms with Crippen LogP contribution in [0.1, 0.15) is 32.3 Å². The van der Waals surface area contributed by atoms with E-state index in [1.807, 2.05) is 17.9 Å². The number of carbonyl (C=O) groups excluding carboxylic acids is 1. The van der Waals surface area contributed by atoms with Crippen molar-refractivity contribution in [3.05, 3.63) is 23.8 Å². The number of hydrogen-bond acceptors (Lipinski definition) is 3. The zero-order chi connectivity index (χ0) is 15.7. The van der Waals surface area contributed by atoms with Crippen LogP contribution in [0.25, 0.3) is 11.0 Å². The summed E-state index contributed by atoms with van der Waals surface area (Å²) >= 11 is 1.52. The van der Waals surface area contributed by atoms with Gasteiger partial charge in [0.25, 0.3) is 0 Å². The Kier molecular flexibility index (Phi) is 4.43. The standard InChI is InChI=1S/C17H23N3OS/c1-11-6-8-20(9-7-11)16(21)13(3)22-17-18-14-5-4-12(2)10-15(14)19-17/h4-5,10-11,13H,6-9H2,1-3H3,(H,18,19). The highest BCUT2D eigenvalue weighted by Crippen LogP contribution is 2.26. The highest BCUT2D eigenvalue weighted by Gasteiger charge is 2.25. The Morgan fingerprint density at radius 1 is 1.41 bits per heavy atom. The Labute approximate surface area is 135 Å². The zero-order valence-corrected chi connectivity index (χ0v) is 14.2. The minimum atomic E-state index is -0.102. The van der Waals surface area contributed by atoms with Gasteiger partial charge in [-0.15, -0.1) is 0 Å². The molecule has 1 fully saturated rings.